The molecule has 29 heavy (non-hydrogen) atoms. The number of imide groups is 1. The van der Waals surface area contributed by atoms with Crippen molar-refractivity contribution in [1.29, 1.82) is 0 Å². The van der Waals surface area contributed by atoms with Crippen molar-refractivity contribution in [3.05, 3.63) is 76.3 Å². The van der Waals surface area contributed by atoms with Crippen molar-refractivity contribution in [2.45, 2.75) is 6.92 Å². The highest BCUT2D eigenvalue weighted by atomic mass is 35.5. The van der Waals surface area contributed by atoms with E-state index in [9.17, 15) is 19.2 Å². The van der Waals surface area contributed by atoms with Crippen LogP contribution < -0.4 is 5.32 Å². The number of carbonyl (C=O) groups is 4. The van der Waals surface area contributed by atoms with Crippen LogP contribution in [0.4, 0.5) is 5.69 Å². The van der Waals surface area contributed by atoms with Gasteiger partial charge in [-0.05, 0) is 42.8 Å². The number of aryl methyl sites for hydroxylation is 1. The van der Waals surface area contributed by atoms with E-state index < -0.39 is 30.3 Å². The van der Waals surface area contributed by atoms with Crippen LogP contribution in [0.2, 0.25) is 5.02 Å². The van der Waals surface area contributed by atoms with Crippen LogP contribution in [0.5, 0.6) is 0 Å². The predicted molar refractivity (Wildman–Crippen MR) is 107 cm³/mol. The van der Waals surface area contributed by atoms with Gasteiger partial charge >= 0.3 is 5.97 Å². The number of amides is 3. The van der Waals surface area contributed by atoms with Gasteiger partial charge in [0.05, 0.1) is 16.7 Å². The third-order valence-corrected chi connectivity index (χ3v) is 4.72. The summed E-state index contributed by atoms with van der Waals surface area (Å²) in [5.41, 5.74) is 1.74. The molecule has 0 saturated carbocycles. The number of nitrogens with one attached hydrogen (secondary N) is 1. The quantitative estimate of drug-likeness (QED) is 0.446. The Kier molecular flexibility index (Phi) is 5.79. The van der Waals surface area contributed by atoms with E-state index >= 15 is 0 Å². The Morgan fingerprint density at radius 1 is 1.14 bits per heavy atom. The number of ether oxygens (including phenoxy) is 1. The Balaban J connectivity index is 1.64. The molecule has 1 aliphatic heterocycles. The standard InChI is InChI=1S/C21H17ClN2O5/c1-3-8-24-19(26)15-7-5-13(9-16(15)20(24)27)21(28)29-11-18(25)23-14-6-4-12(2)17(22)10-14/h3-7,9-10H,1,8,11H2,2H3,(H,23,25). The fraction of sp³-hybridized carbons (Fsp3) is 0.143. The molecule has 0 spiro atoms. The Morgan fingerprint density at radius 3 is 2.55 bits per heavy atom. The third kappa shape index (κ3) is 4.20. The smallest absolute Gasteiger partial charge is 0.338 e. The van der Waals surface area contributed by atoms with Gasteiger partial charge in [0.2, 0.25) is 0 Å². The molecular weight excluding hydrogens is 396 g/mol. The maximum Gasteiger partial charge on any atom is 0.338 e. The Hall–Kier alpha value is -3.45. The summed E-state index contributed by atoms with van der Waals surface area (Å²) in [4.78, 5) is 49.8. The second-order valence-corrected chi connectivity index (χ2v) is 6.77. The summed E-state index contributed by atoms with van der Waals surface area (Å²) >= 11 is 6.01. The highest BCUT2D eigenvalue weighted by Crippen LogP contribution is 2.24. The SMILES string of the molecule is C=CCN1C(=O)c2ccc(C(=O)OCC(=O)Nc3ccc(C)c(Cl)c3)cc2C1=O. The fourth-order valence-corrected chi connectivity index (χ4v) is 2.98. The lowest BCUT2D eigenvalue weighted by molar-refractivity contribution is -0.119. The molecule has 0 saturated heterocycles. The number of hydrogen-bond acceptors (Lipinski definition) is 5. The number of esters is 1. The molecule has 0 fully saturated rings. The van der Waals surface area contributed by atoms with Crippen LogP contribution in [0.25, 0.3) is 0 Å². The van der Waals surface area contributed by atoms with Crippen LogP contribution in [0.1, 0.15) is 36.6 Å². The minimum atomic E-state index is -0.785. The highest BCUT2D eigenvalue weighted by molar-refractivity contribution is 6.31. The van der Waals surface area contributed by atoms with Crippen LogP contribution >= 0.6 is 11.6 Å². The first-order valence-corrected chi connectivity index (χ1v) is 9.04. The number of fused-ring (bicyclic) bond motifs is 1. The molecule has 1 heterocycles. The average Bonchev–Trinajstić information content (AvgIpc) is 2.93. The number of benzene rings is 2. The second kappa shape index (κ2) is 8.28. The van der Waals surface area contributed by atoms with Crippen LogP contribution in [-0.4, -0.2) is 41.7 Å². The minimum absolute atomic E-state index is 0.0662. The lowest BCUT2D eigenvalue weighted by Crippen LogP contribution is -2.29. The van der Waals surface area contributed by atoms with Gasteiger partial charge in [0.1, 0.15) is 0 Å². The monoisotopic (exact) mass is 412 g/mol. The van der Waals surface area contributed by atoms with Gasteiger partial charge in [-0.3, -0.25) is 19.3 Å². The minimum Gasteiger partial charge on any atom is -0.452 e. The summed E-state index contributed by atoms with van der Waals surface area (Å²) in [6.07, 6.45) is 1.44. The topological polar surface area (TPSA) is 92.8 Å². The molecule has 0 aromatic heterocycles. The number of rotatable bonds is 6. The van der Waals surface area contributed by atoms with E-state index in [4.69, 9.17) is 16.3 Å². The summed E-state index contributed by atoms with van der Waals surface area (Å²) in [5, 5.41) is 3.08. The molecule has 2 aromatic rings. The number of anilines is 1. The summed E-state index contributed by atoms with van der Waals surface area (Å²) in [6.45, 7) is 4.91. The zero-order valence-corrected chi connectivity index (χ0v) is 16.3. The molecule has 0 aliphatic carbocycles. The largest absolute Gasteiger partial charge is 0.452 e. The van der Waals surface area contributed by atoms with Crippen LogP contribution in [0.3, 0.4) is 0 Å². The second-order valence-electron chi connectivity index (χ2n) is 6.36. The van der Waals surface area contributed by atoms with E-state index in [0.29, 0.717) is 10.7 Å². The summed E-state index contributed by atoms with van der Waals surface area (Å²) < 4.78 is 5.00. The van der Waals surface area contributed by atoms with Gasteiger partial charge < -0.3 is 10.1 Å². The van der Waals surface area contributed by atoms with E-state index in [-0.39, 0.29) is 23.2 Å². The van der Waals surface area contributed by atoms with Gasteiger partial charge in [-0.25, -0.2) is 4.79 Å². The van der Waals surface area contributed by atoms with E-state index in [0.717, 1.165) is 10.5 Å². The average molecular weight is 413 g/mol. The number of hydrogen-bond donors (Lipinski definition) is 1. The van der Waals surface area contributed by atoms with Crippen LogP contribution in [-0.2, 0) is 9.53 Å². The number of nitrogens with zero attached hydrogens (tertiary/aromatic N) is 1. The zero-order chi connectivity index (χ0) is 21.1. The maximum atomic E-state index is 12.3. The molecule has 0 atom stereocenters. The third-order valence-electron chi connectivity index (χ3n) is 4.31. The molecule has 8 heteroatoms. The predicted octanol–water partition coefficient (Wildman–Crippen LogP) is 3.23. The highest BCUT2D eigenvalue weighted by Gasteiger charge is 2.35. The van der Waals surface area contributed by atoms with Gasteiger partial charge in [-0.1, -0.05) is 23.7 Å². The van der Waals surface area contributed by atoms with Gasteiger partial charge in [0.25, 0.3) is 17.7 Å². The van der Waals surface area contributed by atoms with E-state index in [2.05, 4.69) is 11.9 Å². The molecule has 0 bridgehead atoms. The number of halogens is 1. The van der Waals surface area contributed by atoms with Crippen LogP contribution in [0.15, 0.2) is 49.1 Å². The van der Waals surface area contributed by atoms with Crippen molar-refractivity contribution in [2.24, 2.45) is 0 Å². The van der Waals surface area contributed by atoms with Gasteiger partial charge in [-0.2, -0.15) is 0 Å². The molecule has 0 unspecified atom stereocenters. The molecule has 148 valence electrons. The van der Waals surface area contributed by atoms with Crippen molar-refractivity contribution >= 4 is 41.0 Å². The maximum absolute atomic E-state index is 12.3. The van der Waals surface area contributed by atoms with Crippen molar-refractivity contribution < 1.29 is 23.9 Å². The normalized spacial score (nSPS) is 12.6. The first kappa shape index (κ1) is 20.3. The molecule has 7 nitrogen and oxygen atoms in total. The van der Waals surface area contributed by atoms with E-state index in [1.54, 1.807) is 18.2 Å². The molecular formula is C21H17ClN2O5. The summed E-state index contributed by atoms with van der Waals surface area (Å²) in [7, 11) is 0. The van der Waals surface area contributed by atoms with Gasteiger partial charge in [0, 0.05) is 17.3 Å². The van der Waals surface area contributed by atoms with Crippen molar-refractivity contribution in [3.8, 4) is 0 Å². The molecule has 2 aromatic carbocycles. The van der Waals surface area contributed by atoms with Crippen molar-refractivity contribution in [1.82, 2.24) is 4.90 Å². The van der Waals surface area contributed by atoms with E-state index in [1.165, 1.54) is 24.3 Å². The van der Waals surface area contributed by atoms with Gasteiger partial charge in [0.15, 0.2) is 6.61 Å². The van der Waals surface area contributed by atoms with Crippen LogP contribution in [0, 0.1) is 6.92 Å². The lowest BCUT2D eigenvalue weighted by Gasteiger charge is -2.09. The number of carbonyl (C=O) groups excluding carboxylic acids is 4. The molecule has 1 N–H and O–H groups in total. The fourth-order valence-electron chi connectivity index (χ4n) is 2.79. The first-order chi connectivity index (χ1) is 13.8. The Morgan fingerprint density at radius 2 is 1.86 bits per heavy atom. The summed E-state index contributed by atoms with van der Waals surface area (Å²) in [5.74, 6) is -2.27. The Bertz CT molecular complexity index is 1050. The van der Waals surface area contributed by atoms with Crippen molar-refractivity contribution in [3.63, 3.8) is 0 Å². The molecule has 3 amide bonds. The Labute approximate surface area is 171 Å². The molecule has 3 rings (SSSR count). The first-order valence-electron chi connectivity index (χ1n) is 8.66. The summed E-state index contributed by atoms with van der Waals surface area (Å²) in [6, 6.07) is 9.08. The lowest BCUT2D eigenvalue weighted by atomic mass is 10.1. The molecule has 0 radical (unpaired) electrons. The zero-order valence-electron chi connectivity index (χ0n) is 15.5. The van der Waals surface area contributed by atoms with E-state index in [1.807, 2.05) is 6.92 Å². The molecule has 1 aliphatic rings. The van der Waals surface area contributed by atoms with Gasteiger partial charge in [-0.15, -0.1) is 6.58 Å². The van der Waals surface area contributed by atoms with Crippen molar-refractivity contribution in [2.75, 3.05) is 18.5 Å².